The van der Waals surface area contributed by atoms with Crippen molar-refractivity contribution in [3.05, 3.63) is 93.0 Å². The van der Waals surface area contributed by atoms with Crippen molar-refractivity contribution >= 4 is 44.3 Å². The number of pyridine rings is 1. The highest BCUT2D eigenvalue weighted by Crippen LogP contribution is 2.68. The van der Waals surface area contributed by atoms with Crippen LogP contribution < -0.4 is 15.4 Å². The van der Waals surface area contributed by atoms with Crippen LogP contribution in [0.15, 0.2) is 42.5 Å². The molecule has 0 unspecified atom stereocenters. The van der Waals surface area contributed by atoms with Crippen LogP contribution in [-0.4, -0.2) is 82.7 Å². The lowest BCUT2D eigenvalue weighted by Gasteiger charge is -2.23. The van der Waals surface area contributed by atoms with Gasteiger partial charge in [0.1, 0.15) is 29.6 Å². The fourth-order valence-electron chi connectivity index (χ4n) is 7.89. The van der Waals surface area contributed by atoms with E-state index in [9.17, 15) is 35.2 Å². The average Bonchev–Trinajstić information content (AvgIpc) is 3.68. The quantitative estimate of drug-likeness (QED) is 0.0873. The van der Waals surface area contributed by atoms with Gasteiger partial charge in [-0.25, -0.2) is 22.2 Å². The van der Waals surface area contributed by atoms with Gasteiger partial charge in [0.05, 0.1) is 39.5 Å². The van der Waals surface area contributed by atoms with Crippen LogP contribution in [0.25, 0.3) is 22.0 Å². The SMILES string of the molecule is CN(C)CCNC(C)(C)C#Cc1ccc(-c2ccc(Cl)c3c(NS(C)(=O)=O)nn(C)c23)c([C@H](Cc2cc(F)cc(F)c2)NC(=O)Cn2nc(C(F)(F)F)c3c2C(F)(F)[C@@H]2C[C@H]32)n1. The lowest BCUT2D eigenvalue weighted by Crippen LogP contribution is -2.41. The number of carbonyl (C=O) groups is 1. The number of likely N-dealkylation sites (N-methyl/N-ethyl adjacent to an activating group) is 1. The van der Waals surface area contributed by atoms with E-state index in [4.69, 9.17) is 16.6 Å². The summed E-state index contributed by atoms with van der Waals surface area (Å²) in [5.74, 6) is -2.98. The number of fused-ring (bicyclic) bond motifs is 4. The second kappa shape index (κ2) is 16.2. The van der Waals surface area contributed by atoms with Crippen LogP contribution in [0, 0.1) is 29.4 Å². The summed E-state index contributed by atoms with van der Waals surface area (Å²) in [7, 11) is 1.52. The second-order valence-electron chi connectivity index (χ2n) is 16.3. The maximum absolute atomic E-state index is 15.5. The number of rotatable bonds is 13. The molecule has 12 nitrogen and oxygen atoms in total. The maximum Gasteiger partial charge on any atom is 0.435 e. The first-order chi connectivity index (χ1) is 28.8. The minimum atomic E-state index is -5.08. The summed E-state index contributed by atoms with van der Waals surface area (Å²) in [6, 6.07) is 7.55. The van der Waals surface area contributed by atoms with Crippen LogP contribution in [0.5, 0.6) is 0 Å². The zero-order valence-corrected chi connectivity index (χ0v) is 35.7. The molecule has 3 N–H and O–H groups in total. The molecule has 330 valence electrons. The molecule has 2 aliphatic rings. The molecule has 62 heavy (non-hydrogen) atoms. The standard InChI is InChI=1S/C41H41ClF7N9O3S/c1-39(2,50-13-14-56(3)4)12-11-24-7-8-25(26-9-10-29(42)33-35(26)57(5)54-38(33)55-62(6,60)61)34(51-24)30(17-21-15-22(43)18-23(44)16-21)52-31(59)20-58-37-32(36(53-58)41(47,48)49)27-19-28(27)40(37,45)46/h7-10,15-16,18,27-28,30,50H,13-14,17,19-20H2,1-6H3,(H,52,59)(H,54,55)/t27-,28+,30-/m0/s1. The first kappa shape index (κ1) is 44.8. The molecule has 1 amide bonds. The van der Waals surface area contributed by atoms with Gasteiger partial charge in [0.15, 0.2) is 11.5 Å². The summed E-state index contributed by atoms with van der Waals surface area (Å²) in [5, 5.41) is 14.1. The van der Waals surface area contributed by atoms with Crippen LogP contribution in [0.3, 0.4) is 0 Å². The molecule has 3 heterocycles. The zero-order chi connectivity index (χ0) is 45.3. The lowest BCUT2D eigenvalue weighted by molar-refractivity contribution is -0.142. The summed E-state index contributed by atoms with van der Waals surface area (Å²) in [6.07, 6.45) is -4.67. The van der Waals surface area contributed by atoms with Gasteiger partial charge >= 0.3 is 6.18 Å². The number of hydrogen-bond donors (Lipinski definition) is 3. The van der Waals surface area contributed by atoms with Gasteiger partial charge in [-0.15, -0.1) is 0 Å². The van der Waals surface area contributed by atoms with E-state index in [1.54, 1.807) is 18.2 Å². The Morgan fingerprint density at radius 1 is 1.06 bits per heavy atom. The van der Waals surface area contributed by atoms with Crippen molar-refractivity contribution < 1.29 is 43.9 Å². The summed E-state index contributed by atoms with van der Waals surface area (Å²) < 4.78 is 131. The smallest absolute Gasteiger partial charge is 0.346 e. The van der Waals surface area contributed by atoms with Crippen LogP contribution in [-0.2, 0) is 46.9 Å². The fraction of sp³-hybridized carbons (Fsp3) is 0.415. The van der Waals surface area contributed by atoms with E-state index >= 15 is 8.78 Å². The van der Waals surface area contributed by atoms with Gasteiger partial charge in [-0.3, -0.25) is 18.9 Å². The molecule has 1 saturated carbocycles. The topological polar surface area (TPSA) is 139 Å². The first-order valence-corrected chi connectivity index (χ1v) is 21.5. The van der Waals surface area contributed by atoms with E-state index in [1.165, 1.54) is 17.8 Å². The molecule has 3 aromatic heterocycles. The fourth-order valence-corrected chi connectivity index (χ4v) is 8.62. The molecule has 7 rings (SSSR count). The van der Waals surface area contributed by atoms with Crippen molar-refractivity contribution in [1.29, 1.82) is 0 Å². The van der Waals surface area contributed by atoms with E-state index in [2.05, 4.69) is 37.4 Å². The second-order valence-corrected chi connectivity index (χ2v) is 18.5. The third-order valence-corrected chi connectivity index (χ3v) is 11.5. The zero-order valence-electron chi connectivity index (χ0n) is 34.1. The first-order valence-electron chi connectivity index (χ1n) is 19.2. The molecular weight excluding hydrogens is 867 g/mol. The molecule has 2 aromatic carbocycles. The Morgan fingerprint density at radius 2 is 1.74 bits per heavy atom. The van der Waals surface area contributed by atoms with Crippen molar-refractivity contribution in [1.82, 2.24) is 40.1 Å². The predicted molar refractivity (Wildman–Crippen MR) is 218 cm³/mol. The third kappa shape index (κ3) is 9.26. The lowest BCUT2D eigenvalue weighted by atomic mass is 9.93. The number of aryl methyl sites for hydroxylation is 1. The van der Waals surface area contributed by atoms with E-state index in [0.717, 1.165) is 18.4 Å². The molecule has 3 atom stereocenters. The van der Waals surface area contributed by atoms with Gasteiger partial charge in [-0.1, -0.05) is 23.6 Å². The van der Waals surface area contributed by atoms with E-state index in [-0.39, 0.29) is 51.6 Å². The highest BCUT2D eigenvalue weighted by atomic mass is 35.5. The number of halogens is 8. The van der Waals surface area contributed by atoms with Gasteiger partial charge < -0.3 is 15.5 Å². The Labute approximate surface area is 357 Å². The van der Waals surface area contributed by atoms with Crippen LogP contribution in [0.4, 0.5) is 36.6 Å². The van der Waals surface area contributed by atoms with Gasteiger partial charge in [-0.2, -0.15) is 32.1 Å². The molecule has 5 aromatic rings. The number of nitrogens with zero attached hydrogens (tertiary/aromatic N) is 6. The number of aromatic nitrogens is 5. The molecule has 0 aliphatic heterocycles. The minimum absolute atomic E-state index is 0.0237. The Bertz CT molecular complexity index is 2760. The summed E-state index contributed by atoms with van der Waals surface area (Å²) in [4.78, 5) is 20.9. The molecule has 0 bridgehead atoms. The Morgan fingerprint density at radius 3 is 2.39 bits per heavy atom. The van der Waals surface area contributed by atoms with Gasteiger partial charge in [0, 0.05) is 48.8 Å². The minimum Gasteiger partial charge on any atom is -0.346 e. The third-order valence-electron chi connectivity index (χ3n) is 10.6. The van der Waals surface area contributed by atoms with E-state index in [0.29, 0.717) is 34.9 Å². The van der Waals surface area contributed by atoms with Crippen molar-refractivity contribution in [2.75, 3.05) is 38.2 Å². The molecule has 2 aliphatic carbocycles. The van der Waals surface area contributed by atoms with Crippen molar-refractivity contribution in [2.24, 2.45) is 13.0 Å². The average molecular weight is 908 g/mol. The number of alkyl halides is 5. The molecule has 21 heteroatoms. The largest absolute Gasteiger partial charge is 0.435 e. The molecule has 0 spiro atoms. The van der Waals surface area contributed by atoms with Crippen molar-refractivity contribution in [3.63, 3.8) is 0 Å². The summed E-state index contributed by atoms with van der Waals surface area (Å²) >= 11 is 6.62. The highest BCUT2D eigenvalue weighted by molar-refractivity contribution is 7.92. The van der Waals surface area contributed by atoms with Crippen LogP contribution in [0.1, 0.15) is 66.1 Å². The normalized spacial score (nSPS) is 17.4. The molecule has 1 fully saturated rings. The summed E-state index contributed by atoms with van der Waals surface area (Å²) in [5.41, 5.74) is -2.70. The van der Waals surface area contributed by atoms with Crippen LogP contribution in [0.2, 0.25) is 5.02 Å². The highest BCUT2D eigenvalue weighted by Gasteiger charge is 2.68. The van der Waals surface area contributed by atoms with Gasteiger partial charge in [-0.05, 0) is 88.5 Å². The Balaban J connectivity index is 1.38. The van der Waals surface area contributed by atoms with Crippen molar-refractivity contribution in [3.8, 4) is 23.0 Å². The number of hydrogen-bond acceptors (Lipinski definition) is 8. The van der Waals surface area contributed by atoms with Gasteiger partial charge in [0.25, 0.3) is 5.92 Å². The number of anilines is 1. The monoisotopic (exact) mass is 907 g/mol. The van der Waals surface area contributed by atoms with Crippen LogP contribution >= 0.6 is 11.6 Å². The van der Waals surface area contributed by atoms with E-state index in [1.807, 2.05) is 32.8 Å². The Kier molecular flexibility index (Phi) is 11.7. The maximum atomic E-state index is 15.5. The molecular formula is C41H41ClF7N9O3S. The summed E-state index contributed by atoms with van der Waals surface area (Å²) in [6.45, 7) is 3.94. The number of amides is 1. The van der Waals surface area contributed by atoms with Gasteiger partial charge in [0.2, 0.25) is 15.9 Å². The number of nitrogens with one attached hydrogen (secondary N) is 3. The molecule has 0 saturated heterocycles. The van der Waals surface area contributed by atoms with Crippen molar-refractivity contribution in [2.45, 2.75) is 62.8 Å². The number of carbonyl (C=O) groups excluding carboxylic acids is 1. The number of benzene rings is 2. The van der Waals surface area contributed by atoms with E-state index < -0.39 is 86.6 Å². The number of sulfonamides is 1. The molecule has 0 radical (unpaired) electrons. The predicted octanol–water partition coefficient (Wildman–Crippen LogP) is 6.74. The Hall–Kier alpha value is -5.23.